The van der Waals surface area contributed by atoms with E-state index in [-0.39, 0.29) is 0 Å². The Labute approximate surface area is 119 Å². The van der Waals surface area contributed by atoms with Crippen LogP contribution in [0.1, 0.15) is 84.5 Å². The van der Waals surface area contributed by atoms with Gasteiger partial charge >= 0.3 is 0 Å². The molecule has 0 saturated heterocycles. The van der Waals surface area contributed by atoms with Crippen LogP contribution in [0.25, 0.3) is 0 Å². The summed E-state index contributed by atoms with van der Waals surface area (Å²) in [7, 11) is 0. The minimum Gasteiger partial charge on any atom is -0.311 e. The van der Waals surface area contributed by atoms with Crippen molar-refractivity contribution in [1.29, 1.82) is 0 Å². The van der Waals surface area contributed by atoms with Crippen molar-refractivity contribution in [2.45, 2.75) is 96.6 Å². The molecule has 1 heteroatoms. The van der Waals surface area contributed by atoms with Crippen LogP contribution in [0.4, 0.5) is 0 Å². The molecule has 4 atom stereocenters. The molecule has 0 heterocycles. The van der Waals surface area contributed by atoms with Crippen LogP contribution in [-0.4, -0.2) is 12.1 Å². The van der Waals surface area contributed by atoms with Crippen molar-refractivity contribution in [3.8, 4) is 0 Å². The minimum atomic E-state index is 0.581. The van der Waals surface area contributed by atoms with Gasteiger partial charge in [0, 0.05) is 12.1 Å². The third-order valence-electron chi connectivity index (χ3n) is 6.22. The average molecular weight is 263 g/mol. The number of nitrogens with one attached hydrogen (secondary N) is 1. The van der Waals surface area contributed by atoms with Crippen molar-refractivity contribution in [2.75, 3.05) is 0 Å². The maximum Gasteiger partial charge on any atom is 0.00747 e. The lowest BCUT2D eigenvalue weighted by Gasteiger charge is -2.43. The summed E-state index contributed by atoms with van der Waals surface area (Å²) >= 11 is 0. The second kappa shape index (κ2) is 5.76. The first-order chi connectivity index (χ1) is 9.12. The molecule has 3 aliphatic rings. The van der Waals surface area contributed by atoms with Crippen LogP contribution in [0.3, 0.4) is 0 Å². The normalized spacial score (nSPS) is 42.6. The van der Waals surface area contributed by atoms with E-state index in [1.807, 2.05) is 0 Å². The molecule has 3 saturated carbocycles. The Bertz CT molecular complexity index is 296. The van der Waals surface area contributed by atoms with E-state index in [0.717, 1.165) is 23.9 Å². The predicted octanol–water partition coefficient (Wildman–Crippen LogP) is 4.90. The van der Waals surface area contributed by atoms with Crippen LogP contribution in [0.15, 0.2) is 0 Å². The number of hydrogen-bond acceptors (Lipinski definition) is 1. The highest BCUT2D eigenvalue weighted by atomic mass is 15.0. The third-order valence-corrected chi connectivity index (χ3v) is 6.22. The van der Waals surface area contributed by atoms with Crippen LogP contribution < -0.4 is 5.32 Å². The van der Waals surface area contributed by atoms with Crippen molar-refractivity contribution < 1.29 is 0 Å². The lowest BCUT2D eigenvalue weighted by molar-refractivity contribution is 0.121. The lowest BCUT2D eigenvalue weighted by Crippen LogP contribution is -2.46. The fourth-order valence-corrected chi connectivity index (χ4v) is 5.20. The minimum absolute atomic E-state index is 0.581. The summed E-state index contributed by atoms with van der Waals surface area (Å²) in [5, 5.41) is 4.05. The van der Waals surface area contributed by atoms with Crippen molar-refractivity contribution >= 4 is 0 Å². The molecular formula is C18H33N. The molecule has 3 aliphatic carbocycles. The molecule has 19 heavy (non-hydrogen) atoms. The van der Waals surface area contributed by atoms with Gasteiger partial charge in [-0.15, -0.1) is 0 Å². The second-order valence-corrected chi connectivity index (χ2v) is 8.44. The van der Waals surface area contributed by atoms with Crippen LogP contribution in [0.5, 0.6) is 0 Å². The molecule has 0 radical (unpaired) electrons. The molecule has 3 rings (SSSR count). The first kappa shape index (κ1) is 13.9. The SMILES string of the molecule is CC1(C)CCCC(NC2CCC3CCCCC3C2)C1. The first-order valence-electron chi connectivity index (χ1n) is 8.88. The predicted molar refractivity (Wildman–Crippen MR) is 82.3 cm³/mol. The van der Waals surface area contributed by atoms with E-state index in [9.17, 15) is 0 Å². The largest absolute Gasteiger partial charge is 0.311 e. The molecule has 4 unspecified atom stereocenters. The van der Waals surface area contributed by atoms with Crippen molar-refractivity contribution in [1.82, 2.24) is 5.32 Å². The van der Waals surface area contributed by atoms with Gasteiger partial charge in [0.15, 0.2) is 0 Å². The molecule has 0 spiro atoms. The molecule has 0 amide bonds. The quantitative estimate of drug-likeness (QED) is 0.747. The van der Waals surface area contributed by atoms with Gasteiger partial charge in [0.2, 0.25) is 0 Å². The van der Waals surface area contributed by atoms with Gasteiger partial charge in [0.05, 0.1) is 0 Å². The molecule has 1 nitrogen and oxygen atoms in total. The summed E-state index contributed by atoms with van der Waals surface area (Å²) in [6.45, 7) is 4.91. The monoisotopic (exact) mass is 263 g/mol. The van der Waals surface area contributed by atoms with E-state index in [4.69, 9.17) is 0 Å². The smallest absolute Gasteiger partial charge is 0.00747 e. The number of hydrogen-bond donors (Lipinski definition) is 1. The molecule has 0 aliphatic heterocycles. The summed E-state index contributed by atoms with van der Waals surface area (Å²) < 4.78 is 0. The van der Waals surface area contributed by atoms with E-state index in [2.05, 4.69) is 19.2 Å². The highest BCUT2D eigenvalue weighted by Crippen LogP contribution is 2.41. The zero-order valence-electron chi connectivity index (χ0n) is 13.1. The molecule has 110 valence electrons. The van der Waals surface area contributed by atoms with Crippen molar-refractivity contribution in [3.63, 3.8) is 0 Å². The highest BCUT2D eigenvalue weighted by molar-refractivity contribution is 4.90. The number of fused-ring (bicyclic) bond motifs is 1. The van der Waals surface area contributed by atoms with Gasteiger partial charge in [-0.3, -0.25) is 0 Å². The highest BCUT2D eigenvalue weighted by Gasteiger charge is 2.34. The lowest BCUT2D eigenvalue weighted by atomic mass is 9.69. The molecule has 0 aromatic heterocycles. The van der Waals surface area contributed by atoms with Gasteiger partial charge in [0.25, 0.3) is 0 Å². The average Bonchev–Trinajstić information content (AvgIpc) is 2.37. The van der Waals surface area contributed by atoms with E-state index in [1.165, 1.54) is 70.6 Å². The topological polar surface area (TPSA) is 12.0 Å². The van der Waals surface area contributed by atoms with Gasteiger partial charge in [-0.2, -0.15) is 0 Å². The van der Waals surface area contributed by atoms with Crippen LogP contribution in [0, 0.1) is 17.3 Å². The Morgan fingerprint density at radius 1 is 0.789 bits per heavy atom. The van der Waals surface area contributed by atoms with Crippen LogP contribution in [0.2, 0.25) is 0 Å². The van der Waals surface area contributed by atoms with Gasteiger partial charge < -0.3 is 5.32 Å². The Hall–Kier alpha value is -0.0400. The Morgan fingerprint density at radius 3 is 2.37 bits per heavy atom. The van der Waals surface area contributed by atoms with Crippen LogP contribution >= 0.6 is 0 Å². The number of rotatable bonds is 2. The van der Waals surface area contributed by atoms with Crippen molar-refractivity contribution in [3.05, 3.63) is 0 Å². The van der Waals surface area contributed by atoms with Crippen LogP contribution in [-0.2, 0) is 0 Å². The molecule has 0 bridgehead atoms. The fourth-order valence-electron chi connectivity index (χ4n) is 5.20. The van der Waals surface area contributed by atoms with E-state index in [0.29, 0.717) is 5.41 Å². The fraction of sp³-hybridized carbons (Fsp3) is 1.00. The van der Waals surface area contributed by atoms with Gasteiger partial charge in [-0.1, -0.05) is 46.0 Å². The maximum absolute atomic E-state index is 4.05. The molecular weight excluding hydrogens is 230 g/mol. The Kier molecular flexibility index (Phi) is 4.22. The zero-order valence-corrected chi connectivity index (χ0v) is 13.1. The molecule has 0 aromatic carbocycles. The van der Waals surface area contributed by atoms with Gasteiger partial charge in [-0.05, 0) is 55.8 Å². The molecule has 0 aromatic rings. The summed E-state index contributed by atoms with van der Waals surface area (Å²) in [6.07, 6.45) is 16.2. The molecule has 1 N–H and O–H groups in total. The van der Waals surface area contributed by atoms with E-state index >= 15 is 0 Å². The first-order valence-corrected chi connectivity index (χ1v) is 8.88. The summed E-state index contributed by atoms with van der Waals surface area (Å²) in [4.78, 5) is 0. The van der Waals surface area contributed by atoms with Crippen molar-refractivity contribution in [2.24, 2.45) is 17.3 Å². The molecule has 3 fully saturated rings. The van der Waals surface area contributed by atoms with Gasteiger partial charge in [0.1, 0.15) is 0 Å². The summed E-state index contributed by atoms with van der Waals surface area (Å²) in [5.74, 6) is 2.16. The summed E-state index contributed by atoms with van der Waals surface area (Å²) in [6, 6.07) is 1.66. The van der Waals surface area contributed by atoms with E-state index in [1.54, 1.807) is 0 Å². The Balaban J connectivity index is 1.50. The van der Waals surface area contributed by atoms with E-state index < -0.39 is 0 Å². The zero-order chi connectivity index (χ0) is 13.3. The maximum atomic E-state index is 4.05. The van der Waals surface area contributed by atoms with Gasteiger partial charge in [-0.25, -0.2) is 0 Å². The third kappa shape index (κ3) is 3.54. The second-order valence-electron chi connectivity index (χ2n) is 8.44. The standard InChI is InChI=1S/C18H33N/c1-18(2)11-5-8-17(13-18)19-16-10-9-14-6-3-4-7-15(14)12-16/h14-17,19H,3-13H2,1-2H3. The Morgan fingerprint density at radius 2 is 1.58 bits per heavy atom. The summed E-state index contributed by atoms with van der Waals surface area (Å²) in [5.41, 5.74) is 0.581.